The van der Waals surface area contributed by atoms with Gasteiger partial charge in [-0.1, -0.05) is 12.1 Å². The summed E-state index contributed by atoms with van der Waals surface area (Å²) in [7, 11) is -2.53. The number of hydrogen-bond acceptors (Lipinski definition) is 5. The van der Waals surface area contributed by atoms with Crippen LogP contribution in [-0.4, -0.2) is 33.9 Å². The van der Waals surface area contributed by atoms with Crippen molar-refractivity contribution in [2.24, 2.45) is 0 Å². The molecule has 7 nitrogen and oxygen atoms in total. The summed E-state index contributed by atoms with van der Waals surface area (Å²) in [5.74, 6) is -0.841. The van der Waals surface area contributed by atoms with Crippen molar-refractivity contribution in [2.75, 3.05) is 23.3 Å². The second-order valence-electron chi connectivity index (χ2n) is 5.42. The van der Waals surface area contributed by atoms with E-state index >= 15 is 0 Å². The van der Waals surface area contributed by atoms with Crippen LogP contribution in [0.1, 0.15) is 24.2 Å². The molecule has 1 N–H and O–H groups in total. The Balaban J connectivity index is 2.38. The van der Waals surface area contributed by atoms with E-state index in [0.29, 0.717) is 5.69 Å². The van der Waals surface area contributed by atoms with Crippen LogP contribution in [0, 0.1) is 0 Å². The number of nitrogens with zero attached hydrogens (tertiary/aromatic N) is 1. The quantitative estimate of drug-likeness (QED) is 0.783. The van der Waals surface area contributed by atoms with Crippen molar-refractivity contribution in [3.63, 3.8) is 0 Å². The first-order valence-corrected chi connectivity index (χ1v) is 9.34. The van der Waals surface area contributed by atoms with Gasteiger partial charge in [0, 0.05) is 19.7 Å². The highest BCUT2D eigenvalue weighted by molar-refractivity contribution is 7.92. The number of ether oxygens (including phenoxy) is 1. The number of rotatable bonds is 6. The van der Waals surface area contributed by atoms with Gasteiger partial charge in [-0.3, -0.25) is 9.10 Å². The monoisotopic (exact) mass is 376 g/mol. The van der Waals surface area contributed by atoms with Gasteiger partial charge in [-0.2, -0.15) is 0 Å². The summed E-state index contributed by atoms with van der Waals surface area (Å²) in [5.41, 5.74) is 0.873. The van der Waals surface area contributed by atoms with Crippen molar-refractivity contribution in [3.05, 3.63) is 54.1 Å². The first-order chi connectivity index (χ1) is 12.3. The van der Waals surface area contributed by atoms with Crippen molar-refractivity contribution < 1.29 is 22.7 Å². The van der Waals surface area contributed by atoms with Crippen LogP contribution in [0.15, 0.2) is 53.4 Å². The number of carbonyl (C=O) groups is 2. The third kappa shape index (κ3) is 4.20. The van der Waals surface area contributed by atoms with Gasteiger partial charge in [0.25, 0.3) is 10.0 Å². The molecule has 0 saturated carbocycles. The van der Waals surface area contributed by atoms with Crippen LogP contribution in [0.4, 0.5) is 11.4 Å². The van der Waals surface area contributed by atoms with Crippen molar-refractivity contribution >= 4 is 33.3 Å². The van der Waals surface area contributed by atoms with Crippen molar-refractivity contribution in [2.45, 2.75) is 18.7 Å². The molecule has 0 aliphatic heterocycles. The second-order valence-corrected chi connectivity index (χ2v) is 7.38. The lowest BCUT2D eigenvalue weighted by atomic mass is 10.2. The molecule has 138 valence electrons. The molecule has 0 aliphatic rings. The maximum absolute atomic E-state index is 12.9. The molecule has 0 radical (unpaired) electrons. The predicted molar refractivity (Wildman–Crippen MR) is 98.7 cm³/mol. The lowest BCUT2D eigenvalue weighted by Gasteiger charge is -2.22. The summed E-state index contributed by atoms with van der Waals surface area (Å²) in [6, 6.07) is 12.1. The van der Waals surface area contributed by atoms with E-state index < -0.39 is 16.0 Å². The molecule has 2 aromatic rings. The van der Waals surface area contributed by atoms with Crippen LogP contribution in [0.3, 0.4) is 0 Å². The minimum Gasteiger partial charge on any atom is -0.462 e. The molecule has 2 rings (SSSR count). The van der Waals surface area contributed by atoms with E-state index in [4.69, 9.17) is 4.74 Å². The Morgan fingerprint density at radius 1 is 1.08 bits per heavy atom. The van der Waals surface area contributed by atoms with Crippen LogP contribution in [0.25, 0.3) is 0 Å². The normalized spacial score (nSPS) is 10.9. The molecule has 0 fully saturated rings. The lowest BCUT2D eigenvalue weighted by molar-refractivity contribution is -0.114. The Morgan fingerprint density at radius 2 is 1.69 bits per heavy atom. The molecule has 0 heterocycles. The van der Waals surface area contributed by atoms with Gasteiger partial charge in [-0.25, -0.2) is 13.2 Å². The molecular formula is C18H20N2O5S. The maximum Gasteiger partial charge on any atom is 0.340 e. The second kappa shape index (κ2) is 8.01. The summed E-state index contributed by atoms with van der Waals surface area (Å²) >= 11 is 0. The molecule has 0 bridgehead atoms. The number of amides is 1. The van der Waals surface area contributed by atoms with Gasteiger partial charge in [0.2, 0.25) is 5.91 Å². The molecule has 0 saturated heterocycles. The number of sulfonamides is 1. The predicted octanol–water partition coefficient (Wildman–Crippen LogP) is 2.65. The number of anilines is 2. The molecular weight excluding hydrogens is 356 g/mol. The summed E-state index contributed by atoms with van der Waals surface area (Å²) < 4.78 is 31.8. The minimum atomic E-state index is -3.90. The zero-order chi connectivity index (χ0) is 19.3. The van der Waals surface area contributed by atoms with E-state index in [2.05, 4.69) is 5.32 Å². The number of benzene rings is 2. The van der Waals surface area contributed by atoms with Crippen molar-refractivity contribution in [1.29, 1.82) is 0 Å². The van der Waals surface area contributed by atoms with Crippen LogP contribution in [-0.2, 0) is 19.6 Å². The fourth-order valence-electron chi connectivity index (χ4n) is 2.33. The number of para-hydroxylation sites is 1. The highest BCUT2D eigenvalue weighted by atomic mass is 32.2. The topological polar surface area (TPSA) is 92.8 Å². The Morgan fingerprint density at radius 3 is 2.27 bits per heavy atom. The van der Waals surface area contributed by atoms with E-state index in [1.54, 1.807) is 19.1 Å². The summed E-state index contributed by atoms with van der Waals surface area (Å²) in [4.78, 5) is 23.2. The SMILES string of the molecule is CCOC(=O)c1ccccc1N(C)S(=O)(=O)c1ccc(NC(C)=O)cc1. The van der Waals surface area contributed by atoms with E-state index in [0.717, 1.165) is 4.31 Å². The van der Waals surface area contributed by atoms with Crippen LogP contribution < -0.4 is 9.62 Å². The van der Waals surface area contributed by atoms with Crippen molar-refractivity contribution in [3.8, 4) is 0 Å². The Bertz CT molecular complexity index is 907. The first kappa shape index (κ1) is 19.5. The molecule has 0 aliphatic carbocycles. The lowest BCUT2D eigenvalue weighted by Crippen LogP contribution is -2.28. The van der Waals surface area contributed by atoms with Gasteiger partial charge < -0.3 is 10.1 Å². The third-order valence-corrected chi connectivity index (χ3v) is 5.36. The Hall–Kier alpha value is -2.87. The van der Waals surface area contributed by atoms with Crippen molar-refractivity contribution in [1.82, 2.24) is 0 Å². The molecule has 8 heteroatoms. The molecule has 1 amide bonds. The van der Waals surface area contributed by atoms with Gasteiger partial charge in [0.15, 0.2) is 0 Å². The van der Waals surface area contributed by atoms with E-state index in [1.165, 1.54) is 50.4 Å². The fourth-order valence-corrected chi connectivity index (χ4v) is 3.55. The first-order valence-electron chi connectivity index (χ1n) is 7.90. The molecule has 26 heavy (non-hydrogen) atoms. The zero-order valence-corrected chi connectivity index (χ0v) is 15.5. The largest absolute Gasteiger partial charge is 0.462 e. The molecule has 0 unspecified atom stereocenters. The number of carbonyl (C=O) groups excluding carboxylic acids is 2. The maximum atomic E-state index is 12.9. The number of esters is 1. The van der Waals surface area contributed by atoms with Gasteiger partial charge in [-0.05, 0) is 43.3 Å². The average Bonchev–Trinajstić information content (AvgIpc) is 2.61. The summed E-state index contributed by atoms with van der Waals surface area (Å²) in [6.45, 7) is 3.23. The van der Waals surface area contributed by atoms with Gasteiger partial charge >= 0.3 is 5.97 Å². The highest BCUT2D eigenvalue weighted by Crippen LogP contribution is 2.27. The van der Waals surface area contributed by atoms with Gasteiger partial charge in [0.05, 0.1) is 22.8 Å². The Labute approximate surface area is 152 Å². The Kier molecular flexibility index (Phi) is 5.99. The van der Waals surface area contributed by atoms with E-state index in [-0.39, 0.29) is 28.7 Å². The van der Waals surface area contributed by atoms with Gasteiger partial charge in [-0.15, -0.1) is 0 Å². The zero-order valence-electron chi connectivity index (χ0n) is 14.7. The fraction of sp³-hybridized carbons (Fsp3) is 0.222. The molecule has 2 aromatic carbocycles. The minimum absolute atomic E-state index is 0.0350. The standard InChI is InChI=1S/C18H20N2O5S/c1-4-25-18(22)16-7-5-6-8-17(16)20(3)26(23,24)15-11-9-14(10-12-15)19-13(2)21/h5-12H,4H2,1-3H3,(H,19,21). The molecule has 0 atom stereocenters. The third-order valence-electron chi connectivity index (χ3n) is 3.57. The summed E-state index contributed by atoms with van der Waals surface area (Å²) in [5, 5.41) is 2.57. The molecule has 0 spiro atoms. The average molecular weight is 376 g/mol. The smallest absolute Gasteiger partial charge is 0.340 e. The summed E-state index contributed by atoms with van der Waals surface area (Å²) in [6.07, 6.45) is 0. The van der Waals surface area contributed by atoms with Crippen LogP contribution >= 0.6 is 0 Å². The van der Waals surface area contributed by atoms with E-state index in [9.17, 15) is 18.0 Å². The van der Waals surface area contributed by atoms with Crippen LogP contribution in [0.2, 0.25) is 0 Å². The number of hydrogen-bond donors (Lipinski definition) is 1. The molecule has 0 aromatic heterocycles. The van der Waals surface area contributed by atoms with Crippen LogP contribution in [0.5, 0.6) is 0 Å². The highest BCUT2D eigenvalue weighted by Gasteiger charge is 2.25. The van der Waals surface area contributed by atoms with Gasteiger partial charge in [0.1, 0.15) is 0 Å². The van der Waals surface area contributed by atoms with E-state index in [1.807, 2.05) is 0 Å². The number of nitrogens with one attached hydrogen (secondary N) is 1.